The van der Waals surface area contributed by atoms with Crippen molar-refractivity contribution >= 4 is 17.8 Å². The molecule has 0 radical (unpaired) electrons. The fourth-order valence-corrected chi connectivity index (χ4v) is 1.86. The van der Waals surface area contributed by atoms with Crippen LogP contribution in [0.4, 0.5) is 5.69 Å². The number of hydrogen-bond donors (Lipinski definition) is 1. The number of anilines is 1. The summed E-state index contributed by atoms with van der Waals surface area (Å²) in [4.78, 5) is 11.7. The maximum Gasteiger partial charge on any atom is 0.271 e. The zero-order valence-electron chi connectivity index (χ0n) is 8.84. The number of para-hydroxylation sites is 1. The van der Waals surface area contributed by atoms with Gasteiger partial charge in [0.05, 0.1) is 5.69 Å². The van der Waals surface area contributed by atoms with Crippen LogP contribution in [0.5, 0.6) is 0 Å². The van der Waals surface area contributed by atoms with Gasteiger partial charge in [0, 0.05) is 6.21 Å². The molecular weight excluding hydrogens is 220 g/mol. The number of hydrogen-bond acceptors (Lipinski definition) is 6. The Balaban J connectivity index is 1.94. The number of carbonyl (C=O) groups excluding carboxylic acids is 1. The van der Waals surface area contributed by atoms with Crippen molar-refractivity contribution in [2.75, 3.05) is 5.01 Å². The van der Waals surface area contributed by atoms with Gasteiger partial charge in [-0.05, 0) is 12.1 Å². The van der Waals surface area contributed by atoms with Crippen LogP contribution in [0.2, 0.25) is 0 Å². The Labute approximate surface area is 97.2 Å². The van der Waals surface area contributed by atoms with Crippen LogP contribution in [0.1, 0.15) is 0 Å². The second-order valence-electron chi connectivity index (χ2n) is 3.77. The second kappa shape index (κ2) is 3.63. The fourth-order valence-electron chi connectivity index (χ4n) is 1.86. The molecule has 0 aromatic heterocycles. The first-order chi connectivity index (χ1) is 8.27. The largest absolute Gasteiger partial charge is 0.271 e. The quantitative estimate of drug-likeness (QED) is 0.563. The number of hydrazone groups is 1. The van der Waals surface area contributed by atoms with Gasteiger partial charge in [0.25, 0.3) is 5.91 Å². The van der Waals surface area contributed by atoms with E-state index >= 15 is 0 Å². The summed E-state index contributed by atoms with van der Waals surface area (Å²) in [6.07, 6.45) is 1.13. The molecule has 0 spiro atoms. The van der Waals surface area contributed by atoms with Crippen molar-refractivity contribution in [3.63, 3.8) is 0 Å². The standard InChI is InChI=1S/C10H10N6O/c11-16-10(17)8-6-12-15(9(8)13-14-16)7-4-2-1-3-5-7/h1-6,8-9H,11H2/t8-,9-/m0/s1. The van der Waals surface area contributed by atoms with Crippen LogP contribution in [0.25, 0.3) is 0 Å². The summed E-state index contributed by atoms with van der Waals surface area (Å²) >= 11 is 0. The summed E-state index contributed by atoms with van der Waals surface area (Å²) in [5.41, 5.74) is 0.869. The molecule has 2 aliphatic heterocycles. The Bertz CT molecular complexity index is 499. The van der Waals surface area contributed by atoms with Crippen molar-refractivity contribution in [1.29, 1.82) is 0 Å². The molecule has 86 valence electrons. The lowest BCUT2D eigenvalue weighted by Gasteiger charge is -2.26. The van der Waals surface area contributed by atoms with Crippen molar-refractivity contribution in [1.82, 2.24) is 5.12 Å². The molecule has 17 heavy (non-hydrogen) atoms. The molecule has 3 rings (SSSR count). The molecule has 2 N–H and O–H groups in total. The molecule has 0 unspecified atom stereocenters. The molecule has 1 aromatic rings. The van der Waals surface area contributed by atoms with Crippen LogP contribution in [0, 0.1) is 5.92 Å². The molecule has 0 saturated heterocycles. The van der Waals surface area contributed by atoms with Crippen LogP contribution in [-0.2, 0) is 4.79 Å². The summed E-state index contributed by atoms with van der Waals surface area (Å²) in [5.74, 6) is 4.60. The highest BCUT2D eigenvalue weighted by Crippen LogP contribution is 2.29. The van der Waals surface area contributed by atoms with Crippen molar-refractivity contribution in [2.45, 2.75) is 6.17 Å². The van der Waals surface area contributed by atoms with Crippen molar-refractivity contribution < 1.29 is 4.79 Å². The average molecular weight is 230 g/mol. The summed E-state index contributed by atoms with van der Waals surface area (Å²) in [7, 11) is 0. The zero-order valence-corrected chi connectivity index (χ0v) is 8.84. The fraction of sp³-hybridized carbons (Fsp3) is 0.200. The van der Waals surface area contributed by atoms with Gasteiger partial charge >= 0.3 is 0 Å². The minimum Gasteiger partial charge on any atom is -0.270 e. The number of rotatable bonds is 1. The first-order valence-corrected chi connectivity index (χ1v) is 5.15. The smallest absolute Gasteiger partial charge is 0.270 e. The molecule has 0 aliphatic carbocycles. The molecule has 1 aromatic carbocycles. The van der Waals surface area contributed by atoms with Gasteiger partial charge in [0.2, 0.25) is 0 Å². The van der Waals surface area contributed by atoms with Crippen LogP contribution in [-0.4, -0.2) is 23.4 Å². The predicted octanol–water partition coefficient (Wildman–Crippen LogP) is 0.518. The van der Waals surface area contributed by atoms with E-state index in [4.69, 9.17) is 5.84 Å². The highest BCUT2D eigenvalue weighted by atomic mass is 16.2. The highest BCUT2D eigenvalue weighted by molar-refractivity contribution is 5.96. The lowest BCUT2D eigenvalue weighted by Crippen LogP contribution is -2.47. The predicted molar refractivity (Wildman–Crippen MR) is 60.6 cm³/mol. The number of hydrazine groups is 1. The number of fused-ring (bicyclic) bond motifs is 1. The van der Waals surface area contributed by atoms with E-state index in [2.05, 4.69) is 15.4 Å². The molecule has 7 nitrogen and oxygen atoms in total. The Morgan fingerprint density at radius 1 is 1.24 bits per heavy atom. The van der Waals surface area contributed by atoms with Gasteiger partial charge in [-0.2, -0.15) is 5.10 Å². The molecule has 0 bridgehead atoms. The molecule has 0 fully saturated rings. The van der Waals surface area contributed by atoms with Gasteiger partial charge in [0.1, 0.15) is 5.92 Å². The van der Waals surface area contributed by atoms with E-state index in [0.717, 1.165) is 10.8 Å². The molecular formula is C10H10N6O. The van der Waals surface area contributed by atoms with Crippen LogP contribution < -0.4 is 10.9 Å². The van der Waals surface area contributed by atoms with E-state index in [1.807, 2.05) is 30.3 Å². The molecule has 0 saturated carbocycles. The van der Waals surface area contributed by atoms with E-state index < -0.39 is 12.1 Å². The average Bonchev–Trinajstić information content (AvgIpc) is 2.79. The van der Waals surface area contributed by atoms with E-state index in [0.29, 0.717) is 0 Å². The summed E-state index contributed by atoms with van der Waals surface area (Å²) < 4.78 is 0. The Kier molecular flexibility index (Phi) is 2.12. The van der Waals surface area contributed by atoms with Crippen molar-refractivity contribution in [2.24, 2.45) is 27.2 Å². The normalized spacial score (nSPS) is 26.5. The van der Waals surface area contributed by atoms with Crippen molar-refractivity contribution in [3.8, 4) is 0 Å². The molecule has 1 amide bonds. The topological polar surface area (TPSA) is 86.7 Å². The van der Waals surface area contributed by atoms with Crippen LogP contribution >= 0.6 is 0 Å². The number of amides is 1. The molecule has 2 aliphatic rings. The van der Waals surface area contributed by atoms with Gasteiger partial charge in [-0.3, -0.25) is 4.79 Å². The summed E-state index contributed by atoms with van der Waals surface area (Å²) in [6.45, 7) is 0. The van der Waals surface area contributed by atoms with Gasteiger partial charge in [0.15, 0.2) is 6.17 Å². The number of carbonyl (C=O) groups is 1. The third kappa shape index (κ3) is 1.48. The van der Waals surface area contributed by atoms with Gasteiger partial charge in [-0.25, -0.2) is 10.9 Å². The SMILES string of the molecule is NN1N=N[C@@H]2[C@H](C=NN2c2ccccc2)C1=O. The van der Waals surface area contributed by atoms with E-state index in [-0.39, 0.29) is 5.91 Å². The van der Waals surface area contributed by atoms with E-state index in [1.54, 1.807) is 11.2 Å². The first-order valence-electron chi connectivity index (χ1n) is 5.15. The molecule has 7 heteroatoms. The zero-order chi connectivity index (χ0) is 11.8. The third-order valence-electron chi connectivity index (χ3n) is 2.72. The minimum atomic E-state index is -0.460. The minimum absolute atomic E-state index is 0.299. The number of benzene rings is 1. The monoisotopic (exact) mass is 230 g/mol. The summed E-state index contributed by atoms with van der Waals surface area (Å²) in [6, 6.07) is 9.50. The lowest BCUT2D eigenvalue weighted by atomic mass is 10.1. The van der Waals surface area contributed by atoms with E-state index in [9.17, 15) is 4.79 Å². The number of nitrogens with zero attached hydrogens (tertiary/aromatic N) is 5. The van der Waals surface area contributed by atoms with Gasteiger partial charge < -0.3 is 0 Å². The third-order valence-corrected chi connectivity index (χ3v) is 2.72. The Morgan fingerprint density at radius 3 is 2.76 bits per heavy atom. The Morgan fingerprint density at radius 2 is 2.00 bits per heavy atom. The molecule has 2 heterocycles. The van der Waals surface area contributed by atoms with Gasteiger partial charge in [-0.1, -0.05) is 23.4 Å². The molecule has 2 atom stereocenters. The highest BCUT2D eigenvalue weighted by Gasteiger charge is 2.41. The summed E-state index contributed by atoms with van der Waals surface area (Å²) in [5, 5.41) is 14.2. The van der Waals surface area contributed by atoms with Gasteiger partial charge in [-0.15, -0.1) is 10.2 Å². The maximum atomic E-state index is 11.7. The number of nitrogens with two attached hydrogens (primary N) is 1. The second-order valence-corrected chi connectivity index (χ2v) is 3.77. The lowest BCUT2D eigenvalue weighted by molar-refractivity contribution is -0.136. The Hall–Kier alpha value is -2.28. The van der Waals surface area contributed by atoms with E-state index in [1.165, 1.54) is 0 Å². The first kappa shape index (κ1) is 9.91. The van der Waals surface area contributed by atoms with Crippen molar-refractivity contribution in [3.05, 3.63) is 30.3 Å². The maximum absolute atomic E-state index is 11.7. The van der Waals surface area contributed by atoms with Crippen LogP contribution in [0.15, 0.2) is 45.8 Å². The van der Waals surface area contributed by atoms with Crippen LogP contribution in [0.3, 0.4) is 0 Å².